The largest absolute Gasteiger partial charge is 0.573 e. The highest BCUT2D eigenvalue weighted by molar-refractivity contribution is 5.35. The van der Waals surface area contributed by atoms with Crippen LogP contribution < -0.4 is 10.5 Å². The van der Waals surface area contributed by atoms with Crippen molar-refractivity contribution in [3.05, 3.63) is 29.8 Å². The van der Waals surface area contributed by atoms with Crippen molar-refractivity contribution in [2.24, 2.45) is 11.1 Å². The van der Waals surface area contributed by atoms with E-state index in [0.29, 0.717) is 0 Å². The van der Waals surface area contributed by atoms with Gasteiger partial charge in [-0.15, -0.1) is 13.2 Å². The second-order valence-electron chi connectivity index (χ2n) is 5.81. The van der Waals surface area contributed by atoms with E-state index in [1.54, 1.807) is 6.07 Å². The van der Waals surface area contributed by atoms with Crippen molar-refractivity contribution in [2.75, 3.05) is 0 Å². The summed E-state index contributed by atoms with van der Waals surface area (Å²) in [5.41, 5.74) is 5.78. The number of aliphatic hydroxyl groups excluding tert-OH is 1. The molecular formula is C14H20F3NO2. The summed E-state index contributed by atoms with van der Waals surface area (Å²) in [6.07, 6.45) is -5.74. The number of hydrogen-bond acceptors (Lipinski definition) is 3. The predicted molar refractivity (Wildman–Crippen MR) is 70.1 cm³/mol. The zero-order chi connectivity index (χ0) is 15.6. The molecule has 0 aromatic heterocycles. The lowest BCUT2D eigenvalue weighted by Crippen LogP contribution is -2.36. The molecule has 0 spiro atoms. The number of alkyl halides is 3. The van der Waals surface area contributed by atoms with E-state index >= 15 is 0 Å². The maximum atomic E-state index is 12.3. The fourth-order valence-electron chi connectivity index (χ4n) is 1.69. The van der Waals surface area contributed by atoms with Crippen molar-refractivity contribution in [2.45, 2.75) is 45.7 Å². The first-order chi connectivity index (χ1) is 9.00. The highest BCUT2D eigenvalue weighted by atomic mass is 19.4. The van der Waals surface area contributed by atoms with E-state index in [4.69, 9.17) is 5.73 Å². The number of benzene rings is 1. The molecule has 0 saturated heterocycles. The van der Waals surface area contributed by atoms with Gasteiger partial charge in [0.1, 0.15) is 5.75 Å². The Labute approximate surface area is 116 Å². The summed E-state index contributed by atoms with van der Waals surface area (Å²) >= 11 is 0. The average molecular weight is 291 g/mol. The van der Waals surface area contributed by atoms with Gasteiger partial charge in [-0.3, -0.25) is 0 Å². The fraction of sp³-hybridized carbons (Fsp3) is 0.571. The predicted octanol–water partition coefficient (Wildman–Crippen LogP) is 3.38. The Bertz CT molecular complexity index is 441. The van der Waals surface area contributed by atoms with Crippen LogP contribution in [0.4, 0.5) is 13.2 Å². The van der Waals surface area contributed by atoms with Crippen LogP contribution in [0.2, 0.25) is 0 Å². The minimum Gasteiger partial charge on any atom is -0.405 e. The van der Waals surface area contributed by atoms with Gasteiger partial charge in [0.2, 0.25) is 0 Å². The van der Waals surface area contributed by atoms with Gasteiger partial charge in [-0.1, -0.05) is 39.0 Å². The van der Waals surface area contributed by atoms with Gasteiger partial charge in [0.15, 0.2) is 0 Å². The molecule has 114 valence electrons. The van der Waals surface area contributed by atoms with Gasteiger partial charge in [-0.05, 0) is 17.9 Å². The molecule has 0 fully saturated rings. The summed E-state index contributed by atoms with van der Waals surface area (Å²) < 4.78 is 40.8. The number of hydrogen-bond donors (Lipinski definition) is 2. The summed E-state index contributed by atoms with van der Waals surface area (Å²) in [7, 11) is 0. The Morgan fingerprint density at radius 1 is 1.20 bits per heavy atom. The summed E-state index contributed by atoms with van der Waals surface area (Å²) in [4.78, 5) is 0. The lowest BCUT2D eigenvalue weighted by Gasteiger charge is -2.29. The van der Waals surface area contributed by atoms with Gasteiger partial charge < -0.3 is 15.6 Å². The highest BCUT2D eigenvalue weighted by Gasteiger charge is 2.33. The second-order valence-corrected chi connectivity index (χ2v) is 5.81. The molecule has 0 aliphatic carbocycles. The van der Waals surface area contributed by atoms with Crippen molar-refractivity contribution in [3.8, 4) is 5.75 Å². The smallest absolute Gasteiger partial charge is 0.405 e. The third kappa shape index (κ3) is 5.02. The summed E-state index contributed by atoms with van der Waals surface area (Å²) in [6.45, 7) is 5.72. The molecule has 0 heterocycles. The number of halogens is 3. The van der Waals surface area contributed by atoms with Crippen LogP contribution in [0.5, 0.6) is 5.75 Å². The summed E-state index contributed by atoms with van der Waals surface area (Å²) in [5, 5.41) is 10.1. The molecule has 3 nitrogen and oxygen atoms in total. The molecular weight excluding hydrogens is 271 g/mol. The van der Waals surface area contributed by atoms with Gasteiger partial charge in [0.05, 0.1) is 6.10 Å². The Balaban J connectivity index is 2.90. The minimum atomic E-state index is -4.79. The van der Waals surface area contributed by atoms with E-state index in [9.17, 15) is 18.3 Å². The van der Waals surface area contributed by atoms with Crippen LogP contribution in [0.1, 0.15) is 38.9 Å². The van der Waals surface area contributed by atoms with Crippen LogP contribution in [0.3, 0.4) is 0 Å². The van der Waals surface area contributed by atoms with Crippen LogP contribution in [0.25, 0.3) is 0 Å². The first-order valence-electron chi connectivity index (χ1n) is 6.29. The Hall–Kier alpha value is -1.27. The summed E-state index contributed by atoms with van der Waals surface area (Å²) in [5.74, 6) is -0.395. The van der Waals surface area contributed by atoms with Crippen molar-refractivity contribution in [1.29, 1.82) is 0 Å². The average Bonchev–Trinajstić information content (AvgIpc) is 2.25. The van der Waals surface area contributed by atoms with Gasteiger partial charge in [0, 0.05) is 11.6 Å². The lowest BCUT2D eigenvalue weighted by atomic mass is 9.83. The third-order valence-corrected chi connectivity index (χ3v) is 3.09. The standard InChI is InChI=1S/C14H20F3NO2/c1-13(2,3)12(18)8-10(19)9-6-4-5-7-11(9)20-14(15,16)17/h4-7,10,12,19H,8,18H2,1-3H3/t10-,12-/m0/s1. The zero-order valence-electron chi connectivity index (χ0n) is 11.7. The monoisotopic (exact) mass is 291 g/mol. The van der Waals surface area contributed by atoms with E-state index in [-0.39, 0.29) is 23.4 Å². The molecule has 0 aliphatic heterocycles. The van der Waals surface area contributed by atoms with Crippen molar-refractivity contribution < 1.29 is 23.0 Å². The quantitative estimate of drug-likeness (QED) is 0.894. The molecule has 1 aromatic rings. The number of rotatable bonds is 4. The molecule has 0 saturated carbocycles. The van der Waals surface area contributed by atoms with E-state index < -0.39 is 18.2 Å². The molecule has 20 heavy (non-hydrogen) atoms. The molecule has 0 aliphatic rings. The van der Waals surface area contributed by atoms with Crippen molar-refractivity contribution in [3.63, 3.8) is 0 Å². The molecule has 1 rings (SSSR count). The van der Waals surface area contributed by atoms with Crippen LogP contribution in [-0.4, -0.2) is 17.5 Å². The van der Waals surface area contributed by atoms with Gasteiger partial charge in [0.25, 0.3) is 0 Å². The molecule has 3 N–H and O–H groups in total. The van der Waals surface area contributed by atoms with Gasteiger partial charge in [-0.25, -0.2) is 0 Å². The minimum absolute atomic E-state index is 0.0875. The van der Waals surface area contributed by atoms with Crippen LogP contribution in [0.15, 0.2) is 24.3 Å². The summed E-state index contributed by atoms with van der Waals surface area (Å²) in [6, 6.07) is 5.19. The van der Waals surface area contributed by atoms with Gasteiger partial charge >= 0.3 is 6.36 Å². The van der Waals surface area contributed by atoms with Crippen LogP contribution in [-0.2, 0) is 0 Å². The normalized spacial score (nSPS) is 15.8. The SMILES string of the molecule is CC(C)(C)[C@@H](N)C[C@H](O)c1ccccc1OC(F)(F)F. The van der Waals surface area contributed by atoms with Crippen LogP contribution >= 0.6 is 0 Å². The molecule has 0 amide bonds. The first-order valence-corrected chi connectivity index (χ1v) is 6.29. The van der Waals surface area contributed by atoms with Crippen molar-refractivity contribution >= 4 is 0 Å². The molecule has 0 radical (unpaired) electrons. The first kappa shape index (κ1) is 16.8. The topological polar surface area (TPSA) is 55.5 Å². The maximum Gasteiger partial charge on any atom is 0.573 e. The number of ether oxygens (including phenoxy) is 1. The second kappa shape index (κ2) is 6.01. The van der Waals surface area contributed by atoms with E-state index in [2.05, 4.69) is 4.74 Å². The van der Waals surface area contributed by atoms with Gasteiger partial charge in [-0.2, -0.15) is 0 Å². The van der Waals surface area contributed by atoms with E-state index in [0.717, 1.165) is 0 Å². The lowest BCUT2D eigenvalue weighted by molar-refractivity contribution is -0.275. The molecule has 0 bridgehead atoms. The Morgan fingerprint density at radius 2 is 1.75 bits per heavy atom. The molecule has 0 unspecified atom stereocenters. The van der Waals surface area contributed by atoms with Crippen molar-refractivity contribution in [1.82, 2.24) is 0 Å². The highest BCUT2D eigenvalue weighted by Crippen LogP contribution is 2.34. The molecule has 2 atom stereocenters. The Kier molecular flexibility index (Phi) is 5.05. The van der Waals surface area contributed by atoms with E-state index in [1.807, 2.05) is 20.8 Å². The fourth-order valence-corrected chi connectivity index (χ4v) is 1.69. The third-order valence-electron chi connectivity index (χ3n) is 3.09. The number of nitrogens with two attached hydrogens (primary N) is 1. The number of para-hydroxylation sites is 1. The zero-order valence-corrected chi connectivity index (χ0v) is 11.7. The van der Waals surface area contributed by atoms with E-state index in [1.165, 1.54) is 18.2 Å². The molecule has 1 aromatic carbocycles. The maximum absolute atomic E-state index is 12.3. The number of aliphatic hydroxyl groups is 1. The molecule has 6 heteroatoms. The Morgan fingerprint density at radius 3 is 2.25 bits per heavy atom. The van der Waals surface area contributed by atoms with Crippen LogP contribution in [0, 0.1) is 5.41 Å².